The van der Waals surface area contributed by atoms with Gasteiger partial charge in [0, 0.05) is 20.2 Å². The van der Waals surface area contributed by atoms with Gasteiger partial charge in [0.05, 0.1) is 6.54 Å². The second kappa shape index (κ2) is 6.58. The highest BCUT2D eigenvalue weighted by atomic mass is 19.1. The molecule has 1 aromatic carbocycles. The first kappa shape index (κ1) is 14.0. The Kier molecular flexibility index (Phi) is 5.10. The molecule has 1 aromatic rings. The summed E-state index contributed by atoms with van der Waals surface area (Å²) in [5, 5.41) is 2.40. The Morgan fingerprint density at radius 1 is 1.39 bits per heavy atom. The lowest BCUT2D eigenvalue weighted by Gasteiger charge is -2.11. The van der Waals surface area contributed by atoms with E-state index in [-0.39, 0.29) is 24.8 Å². The summed E-state index contributed by atoms with van der Waals surface area (Å²) in [6.45, 7) is -0.345. The molecule has 0 aliphatic rings. The van der Waals surface area contributed by atoms with Crippen LogP contribution >= 0.6 is 0 Å². The molecule has 18 heavy (non-hydrogen) atoms. The smallest absolute Gasteiger partial charge is 0.258 e. The van der Waals surface area contributed by atoms with Gasteiger partial charge in [-0.1, -0.05) is 6.07 Å². The van der Waals surface area contributed by atoms with Crippen molar-refractivity contribution in [2.24, 2.45) is 0 Å². The zero-order valence-corrected chi connectivity index (χ0v) is 10.3. The molecule has 1 rings (SSSR count). The average molecular weight is 254 g/mol. The van der Waals surface area contributed by atoms with Crippen molar-refractivity contribution in [1.29, 1.82) is 0 Å². The predicted molar refractivity (Wildman–Crippen MR) is 63.6 cm³/mol. The van der Waals surface area contributed by atoms with Crippen molar-refractivity contribution in [1.82, 2.24) is 10.2 Å². The van der Waals surface area contributed by atoms with E-state index in [9.17, 15) is 14.0 Å². The summed E-state index contributed by atoms with van der Waals surface area (Å²) in [4.78, 5) is 23.9. The van der Waals surface area contributed by atoms with E-state index in [1.54, 1.807) is 20.2 Å². The number of carbonyl (C=O) groups is 2. The number of ether oxygens (including phenoxy) is 1. The molecule has 1 N–H and O–H groups in total. The molecule has 0 radical (unpaired) electrons. The Bertz CT molecular complexity index is 435. The number of carbonyl (C=O) groups excluding carboxylic acids is 2. The van der Waals surface area contributed by atoms with E-state index in [0.717, 1.165) is 0 Å². The summed E-state index contributed by atoms with van der Waals surface area (Å²) in [7, 11) is 3.19. The summed E-state index contributed by atoms with van der Waals surface area (Å²) in [5.41, 5.74) is 0. The Hall–Kier alpha value is -2.11. The third-order valence-electron chi connectivity index (χ3n) is 2.10. The van der Waals surface area contributed by atoms with Crippen LogP contribution in [0, 0.1) is 5.82 Å². The second-order valence-electron chi connectivity index (χ2n) is 3.81. The molecule has 0 saturated heterocycles. The molecule has 0 aliphatic heterocycles. The van der Waals surface area contributed by atoms with Gasteiger partial charge in [0.2, 0.25) is 5.91 Å². The van der Waals surface area contributed by atoms with Gasteiger partial charge in [-0.25, -0.2) is 4.39 Å². The molecule has 0 bridgehead atoms. The third kappa shape index (κ3) is 4.82. The number of nitrogens with zero attached hydrogens (tertiary/aromatic N) is 1. The van der Waals surface area contributed by atoms with Crippen LogP contribution in [0.4, 0.5) is 4.39 Å². The quantitative estimate of drug-likeness (QED) is 0.828. The van der Waals surface area contributed by atoms with Gasteiger partial charge in [0.1, 0.15) is 11.6 Å². The van der Waals surface area contributed by atoms with E-state index in [0.29, 0.717) is 0 Å². The normalized spacial score (nSPS) is 9.72. The molecule has 0 fully saturated rings. The summed E-state index contributed by atoms with van der Waals surface area (Å²) >= 11 is 0. The third-order valence-corrected chi connectivity index (χ3v) is 2.10. The average Bonchev–Trinajstić information content (AvgIpc) is 2.33. The van der Waals surface area contributed by atoms with Crippen LogP contribution in [0.3, 0.4) is 0 Å². The second-order valence-corrected chi connectivity index (χ2v) is 3.81. The van der Waals surface area contributed by atoms with Gasteiger partial charge in [-0.2, -0.15) is 0 Å². The number of hydrogen-bond donors (Lipinski definition) is 1. The number of rotatable bonds is 5. The molecule has 0 aliphatic carbocycles. The van der Waals surface area contributed by atoms with E-state index in [4.69, 9.17) is 4.74 Å². The summed E-state index contributed by atoms with van der Waals surface area (Å²) < 4.78 is 17.9. The molecule has 98 valence electrons. The van der Waals surface area contributed by atoms with Gasteiger partial charge in [-0.15, -0.1) is 0 Å². The Balaban J connectivity index is 2.31. The van der Waals surface area contributed by atoms with Crippen LogP contribution in [0.1, 0.15) is 0 Å². The van der Waals surface area contributed by atoms with Gasteiger partial charge in [-0.3, -0.25) is 9.59 Å². The lowest BCUT2D eigenvalue weighted by Crippen LogP contribution is -2.38. The molecule has 0 saturated carbocycles. The molecule has 0 atom stereocenters. The fourth-order valence-electron chi connectivity index (χ4n) is 1.09. The van der Waals surface area contributed by atoms with E-state index in [1.807, 2.05) is 0 Å². The number of likely N-dealkylation sites (N-methyl/N-ethyl adjacent to an activating group) is 1. The predicted octanol–water partition coefficient (Wildman–Crippen LogP) is 0.409. The van der Waals surface area contributed by atoms with Crippen LogP contribution in [0.25, 0.3) is 0 Å². The van der Waals surface area contributed by atoms with Crippen LogP contribution < -0.4 is 10.1 Å². The molecular weight excluding hydrogens is 239 g/mol. The zero-order valence-electron chi connectivity index (χ0n) is 10.3. The van der Waals surface area contributed by atoms with E-state index in [1.165, 1.54) is 23.1 Å². The van der Waals surface area contributed by atoms with Gasteiger partial charge in [0.15, 0.2) is 6.61 Å². The lowest BCUT2D eigenvalue weighted by atomic mass is 10.3. The highest BCUT2D eigenvalue weighted by Crippen LogP contribution is 2.11. The van der Waals surface area contributed by atoms with Gasteiger partial charge >= 0.3 is 0 Å². The highest BCUT2D eigenvalue weighted by molar-refractivity contribution is 5.85. The molecule has 6 heteroatoms. The van der Waals surface area contributed by atoms with Crippen LogP contribution in [-0.4, -0.2) is 44.0 Å². The molecule has 0 spiro atoms. The van der Waals surface area contributed by atoms with Gasteiger partial charge in [0.25, 0.3) is 5.91 Å². The molecule has 0 heterocycles. The number of nitrogens with one attached hydrogen (secondary N) is 1. The van der Waals surface area contributed by atoms with Gasteiger partial charge in [-0.05, 0) is 12.1 Å². The minimum Gasteiger partial charge on any atom is -0.484 e. The van der Waals surface area contributed by atoms with Gasteiger partial charge < -0.3 is 15.0 Å². The topological polar surface area (TPSA) is 58.6 Å². The Labute approximate surface area is 105 Å². The maximum Gasteiger partial charge on any atom is 0.258 e. The zero-order chi connectivity index (χ0) is 13.5. The number of amides is 2. The number of halogens is 1. The Morgan fingerprint density at radius 2 is 2.11 bits per heavy atom. The number of hydrogen-bond acceptors (Lipinski definition) is 3. The van der Waals surface area contributed by atoms with Crippen molar-refractivity contribution in [3.63, 3.8) is 0 Å². The molecule has 2 amide bonds. The summed E-state index contributed by atoms with van der Waals surface area (Å²) in [5.74, 6) is -0.816. The Morgan fingerprint density at radius 3 is 2.72 bits per heavy atom. The molecular formula is C12H15FN2O3. The van der Waals surface area contributed by atoms with Crippen molar-refractivity contribution in [3.8, 4) is 5.75 Å². The van der Waals surface area contributed by atoms with Crippen molar-refractivity contribution < 1.29 is 18.7 Å². The van der Waals surface area contributed by atoms with Crippen LogP contribution in [0.2, 0.25) is 0 Å². The first-order chi connectivity index (χ1) is 8.49. The van der Waals surface area contributed by atoms with E-state index >= 15 is 0 Å². The maximum atomic E-state index is 12.8. The minimum absolute atomic E-state index is 0.0850. The maximum absolute atomic E-state index is 12.8. The van der Waals surface area contributed by atoms with Crippen molar-refractivity contribution in [2.75, 3.05) is 27.2 Å². The van der Waals surface area contributed by atoms with Crippen LogP contribution in [0.5, 0.6) is 5.75 Å². The monoisotopic (exact) mass is 254 g/mol. The SMILES string of the molecule is CN(C)C(=O)CNC(=O)COc1cccc(F)c1. The molecule has 0 aromatic heterocycles. The van der Waals surface area contributed by atoms with Crippen molar-refractivity contribution in [2.45, 2.75) is 0 Å². The minimum atomic E-state index is -0.436. The molecule has 5 nitrogen and oxygen atoms in total. The largest absolute Gasteiger partial charge is 0.484 e. The van der Waals surface area contributed by atoms with Crippen LogP contribution in [-0.2, 0) is 9.59 Å². The van der Waals surface area contributed by atoms with Crippen LogP contribution in [0.15, 0.2) is 24.3 Å². The van der Waals surface area contributed by atoms with Crippen molar-refractivity contribution in [3.05, 3.63) is 30.1 Å². The van der Waals surface area contributed by atoms with Crippen molar-refractivity contribution >= 4 is 11.8 Å². The lowest BCUT2D eigenvalue weighted by molar-refractivity contribution is -0.131. The first-order valence-corrected chi connectivity index (χ1v) is 5.34. The fourth-order valence-corrected chi connectivity index (χ4v) is 1.09. The highest BCUT2D eigenvalue weighted by Gasteiger charge is 2.07. The van der Waals surface area contributed by atoms with E-state index in [2.05, 4.69) is 5.32 Å². The first-order valence-electron chi connectivity index (χ1n) is 5.34. The summed E-state index contributed by atoms with van der Waals surface area (Å²) in [6.07, 6.45) is 0. The fraction of sp³-hybridized carbons (Fsp3) is 0.333. The molecule has 0 unspecified atom stereocenters. The van der Waals surface area contributed by atoms with E-state index < -0.39 is 11.7 Å². The standard InChI is InChI=1S/C12H15FN2O3/c1-15(2)12(17)7-14-11(16)8-18-10-5-3-4-9(13)6-10/h3-6H,7-8H2,1-2H3,(H,14,16). The summed E-state index contributed by atoms with van der Waals surface area (Å²) in [6, 6.07) is 5.49. The number of benzene rings is 1.